The zero-order chi connectivity index (χ0) is 24.2. The molecule has 0 aromatic heterocycles. The average molecular weight is 461 g/mol. The van der Waals surface area contributed by atoms with Gasteiger partial charge in [-0.05, 0) is 66.9 Å². The van der Waals surface area contributed by atoms with E-state index in [0.717, 1.165) is 17.5 Å². The number of anilines is 3. The summed E-state index contributed by atoms with van der Waals surface area (Å²) in [6.07, 6.45) is 1.20. The molecule has 1 aliphatic heterocycles. The van der Waals surface area contributed by atoms with E-state index in [1.165, 1.54) is 12.1 Å². The van der Waals surface area contributed by atoms with Gasteiger partial charge < -0.3 is 21.3 Å². The Kier molecular flexibility index (Phi) is 6.58. The van der Waals surface area contributed by atoms with Gasteiger partial charge in [-0.2, -0.15) is 0 Å². The van der Waals surface area contributed by atoms with E-state index in [1.54, 1.807) is 66.4 Å². The van der Waals surface area contributed by atoms with Crippen molar-refractivity contribution in [3.8, 4) is 11.1 Å². The van der Waals surface area contributed by atoms with Crippen LogP contribution in [0.2, 0.25) is 0 Å². The third kappa shape index (κ3) is 5.06. The van der Waals surface area contributed by atoms with Crippen LogP contribution in [0.5, 0.6) is 0 Å². The lowest BCUT2D eigenvalue weighted by Gasteiger charge is -2.23. The first-order valence-corrected chi connectivity index (χ1v) is 11.0. The summed E-state index contributed by atoms with van der Waals surface area (Å²) < 4.78 is 13.2. The second-order valence-electron chi connectivity index (χ2n) is 8.20. The number of carbonyl (C=O) groups excluding carboxylic acids is 3. The number of likely N-dealkylation sites (tertiary alicyclic amines) is 1. The molecule has 7 nitrogen and oxygen atoms in total. The largest absolute Gasteiger partial charge is 0.397 e. The minimum absolute atomic E-state index is 0.0313. The normalized spacial score (nSPS) is 14.1. The molecule has 3 aromatic rings. The van der Waals surface area contributed by atoms with Gasteiger partial charge in [0.05, 0.1) is 11.4 Å². The van der Waals surface area contributed by atoms with Gasteiger partial charge in [-0.25, -0.2) is 4.39 Å². The molecular weight excluding hydrogens is 435 g/mol. The van der Waals surface area contributed by atoms with Gasteiger partial charge in [0, 0.05) is 24.2 Å². The molecule has 1 fully saturated rings. The van der Waals surface area contributed by atoms with Gasteiger partial charge in [0.25, 0.3) is 5.91 Å². The van der Waals surface area contributed by atoms with Gasteiger partial charge in [-0.15, -0.1) is 0 Å². The van der Waals surface area contributed by atoms with Crippen molar-refractivity contribution in [3.05, 3.63) is 78.1 Å². The summed E-state index contributed by atoms with van der Waals surface area (Å²) in [6.45, 7) is 2.25. The number of carbonyl (C=O) groups is 3. The number of benzene rings is 3. The Hall–Kier alpha value is -4.20. The second-order valence-corrected chi connectivity index (χ2v) is 8.20. The van der Waals surface area contributed by atoms with Gasteiger partial charge in [0.1, 0.15) is 11.9 Å². The van der Waals surface area contributed by atoms with Crippen LogP contribution >= 0.6 is 0 Å². The highest BCUT2D eigenvalue weighted by molar-refractivity contribution is 6.07. The van der Waals surface area contributed by atoms with E-state index in [0.29, 0.717) is 35.6 Å². The number of hydrogen-bond donors (Lipinski definition) is 3. The Balaban J connectivity index is 1.47. The summed E-state index contributed by atoms with van der Waals surface area (Å²) in [4.78, 5) is 39.0. The standard InChI is InChI=1S/C26H25FN4O3/c1-16(31-13-3-6-24(31)32)25(33)29-21-5-2-4-19(14-21)26(34)30-23-15-18(9-12-22(23)28)17-7-10-20(27)11-8-17/h2,4-5,7-12,14-16H,3,6,13,28H2,1H3,(H,29,33)(H,30,34). The highest BCUT2D eigenvalue weighted by Gasteiger charge is 2.29. The minimum atomic E-state index is -0.596. The van der Waals surface area contributed by atoms with Crippen LogP contribution in [-0.4, -0.2) is 35.2 Å². The Bertz CT molecular complexity index is 1240. The van der Waals surface area contributed by atoms with Gasteiger partial charge in [-0.1, -0.05) is 24.3 Å². The van der Waals surface area contributed by atoms with Crippen molar-refractivity contribution in [1.82, 2.24) is 4.90 Å². The summed E-state index contributed by atoms with van der Waals surface area (Å²) in [5, 5.41) is 5.57. The zero-order valence-electron chi connectivity index (χ0n) is 18.7. The van der Waals surface area contributed by atoms with Gasteiger partial charge >= 0.3 is 0 Å². The minimum Gasteiger partial charge on any atom is -0.397 e. The second kappa shape index (κ2) is 9.74. The molecule has 0 saturated carbocycles. The quantitative estimate of drug-likeness (QED) is 0.478. The predicted octanol–water partition coefficient (Wildman–Crippen LogP) is 4.28. The van der Waals surface area contributed by atoms with Crippen LogP contribution in [0, 0.1) is 5.82 Å². The first kappa shape index (κ1) is 23.0. The van der Waals surface area contributed by atoms with Gasteiger partial charge in [0.15, 0.2) is 0 Å². The van der Waals surface area contributed by atoms with Gasteiger partial charge in [-0.3, -0.25) is 14.4 Å². The van der Waals surface area contributed by atoms with E-state index in [1.807, 2.05) is 0 Å². The number of nitrogens with zero attached hydrogens (tertiary/aromatic N) is 1. The molecular formula is C26H25FN4O3. The molecule has 4 rings (SSSR count). The fourth-order valence-electron chi connectivity index (χ4n) is 3.89. The third-order valence-electron chi connectivity index (χ3n) is 5.83. The van der Waals surface area contributed by atoms with Crippen molar-refractivity contribution in [3.63, 3.8) is 0 Å². The lowest BCUT2D eigenvalue weighted by atomic mass is 10.0. The lowest BCUT2D eigenvalue weighted by Crippen LogP contribution is -2.42. The van der Waals surface area contributed by atoms with Crippen molar-refractivity contribution in [2.75, 3.05) is 22.9 Å². The number of nitrogen functional groups attached to an aromatic ring is 1. The number of rotatable bonds is 6. The van der Waals surface area contributed by atoms with Crippen LogP contribution in [0.15, 0.2) is 66.7 Å². The van der Waals surface area contributed by atoms with E-state index in [9.17, 15) is 18.8 Å². The maximum absolute atomic E-state index is 13.2. The first-order chi connectivity index (χ1) is 16.3. The van der Waals surface area contributed by atoms with E-state index >= 15 is 0 Å². The number of nitrogens with two attached hydrogens (primary N) is 1. The number of hydrogen-bond acceptors (Lipinski definition) is 4. The van der Waals surface area contributed by atoms with Crippen LogP contribution < -0.4 is 16.4 Å². The predicted molar refractivity (Wildman–Crippen MR) is 130 cm³/mol. The van der Waals surface area contributed by atoms with Crippen LogP contribution in [-0.2, 0) is 9.59 Å². The van der Waals surface area contributed by atoms with Crippen molar-refractivity contribution in [1.29, 1.82) is 0 Å². The molecule has 1 heterocycles. The molecule has 1 aliphatic rings. The van der Waals surface area contributed by atoms with Gasteiger partial charge in [0.2, 0.25) is 11.8 Å². The summed E-state index contributed by atoms with van der Waals surface area (Å²) in [5.74, 6) is -1.08. The smallest absolute Gasteiger partial charge is 0.255 e. The molecule has 174 valence electrons. The fourth-order valence-corrected chi connectivity index (χ4v) is 3.89. The zero-order valence-corrected chi connectivity index (χ0v) is 18.7. The molecule has 0 bridgehead atoms. The first-order valence-electron chi connectivity index (χ1n) is 11.0. The molecule has 3 amide bonds. The number of halogens is 1. The van der Waals surface area contributed by atoms with Crippen molar-refractivity contribution < 1.29 is 18.8 Å². The molecule has 0 spiro atoms. The molecule has 1 unspecified atom stereocenters. The Morgan fingerprint density at radius 2 is 1.74 bits per heavy atom. The monoisotopic (exact) mass is 460 g/mol. The van der Waals surface area contributed by atoms with Crippen molar-refractivity contribution in [2.24, 2.45) is 0 Å². The molecule has 0 radical (unpaired) electrons. The number of nitrogens with one attached hydrogen (secondary N) is 2. The number of amides is 3. The van der Waals surface area contributed by atoms with Crippen molar-refractivity contribution in [2.45, 2.75) is 25.8 Å². The van der Waals surface area contributed by atoms with Crippen LogP contribution in [0.25, 0.3) is 11.1 Å². The Morgan fingerprint density at radius 1 is 1.00 bits per heavy atom. The Labute approximate surface area is 196 Å². The third-order valence-corrected chi connectivity index (χ3v) is 5.83. The van der Waals surface area contributed by atoms with Crippen molar-refractivity contribution >= 4 is 34.8 Å². The molecule has 1 saturated heterocycles. The summed E-state index contributed by atoms with van der Waals surface area (Å²) in [5.41, 5.74) is 9.19. The summed E-state index contributed by atoms with van der Waals surface area (Å²) in [6, 6.07) is 17.1. The summed E-state index contributed by atoms with van der Waals surface area (Å²) in [7, 11) is 0. The highest BCUT2D eigenvalue weighted by Crippen LogP contribution is 2.28. The SMILES string of the molecule is CC(C(=O)Nc1cccc(C(=O)Nc2cc(-c3ccc(F)cc3)ccc2N)c1)N1CCCC1=O. The maximum atomic E-state index is 13.2. The van der Waals surface area contributed by atoms with E-state index < -0.39 is 11.9 Å². The van der Waals surface area contributed by atoms with Crippen LogP contribution in [0.1, 0.15) is 30.1 Å². The molecule has 34 heavy (non-hydrogen) atoms. The average Bonchev–Trinajstić information content (AvgIpc) is 3.26. The van der Waals surface area contributed by atoms with Crippen LogP contribution in [0.4, 0.5) is 21.5 Å². The van der Waals surface area contributed by atoms with Crippen LogP contribution in [0.3, 0.4) is 0 Å². The highest BCUT2D eigenvalue weighted by atomic mass is 19.1. The molecule has 8 heteroatoms. The van der Waals surface area contributed by atoms with E-state index in [2.05, 4.69) is 10.6 Å². The molecule has 4 N–H and O–H groups in total. The summed E-state index contributed by atoms with van der Waals surface area (Å²) >= 11 is 0. The fraction of sp³-hybridized carbons (Fsp3) is 0.192. The topological polar surface area (TPSA) is 105 Å². The lowest BCUT2D eigenvalue weighted by molar-refractivity contribution is -0.134. The molecule has 0 aliphatic carbocycles. The van der Waals surface area contributed by atoms with E-state index in [4.69, 9.17) is 5.73 Å². The van der Waals surface area contributed by atoms with E-state index in [-0.39, 0.29) is 17.6 Å². The Morgan fingerprint density at radius 3 is 2.44 bits per heavy atom. The molecule has 3 aromatic carbocycles. The molecule has 1 atom stereocenters. The maximum Gasteiger partial charge on any atom is 0.255 e.